The first-order chi connectivity index (χ1) is 15.4. The van der Waals surface area contributed by atoms with Crippen molar-refractivity contribution in [2.75, 3.05) is 5.32 Å². The van der Waals surface area contributed by atoms with E-state index < -0.39 is 0 Å². The average Bonchev–Trinajstić information content (AvgIpc) is 3.38. The van der Waals surface area contributed by atoms with Crippen molar-refractivity contribution in [3.05, 3.63) is 71.3 Å². The minimum absolute atomic E-state index is 0.184. The number of fused-ring (bicyclic) bond motifs is 2. The summed E-state index contributed by atoms with van der Waals surface area (Å²) in [7, 11) is 0. The highest BCUT2D eigenvalue weighted by molar-refractivity contribution is 7.80. The van der Waals surface area contributed by atoms with Crippen molar-refractivity contribution < 1.29 is 9.21 Å². The third-order valence-electron chi connectivity index (χ3n) is 4.86. The summed E-state index contributed by atoms with van der Waals surface area (Å²) < 4.78 is 14.2. The number of aryl methyl sites for hydroxylation is 2. The van der Waals surface area contributed by atoms with Crippen LogP contribution in [0.4, 0.5) is 5.69 Å². The van der Waals surface area contributed by atoms with Gasteiger partial charge in [-0.05, 0) is 74.6 Å². The average molecular weight is 460 g/mol. The van der Waals surface area contributed by atoms with Crippen LogP contribution in [0.1, 0.15) is 21.5 Å². The van der Waals surface area contributed by atoms with Gasteiger partial charge in [0.05, 0.1) is 11.7 Å². The number of hydrogen-bond acceptors (Lipinski definition) is 7. The topological polar surface area (TPSA) is 92.9 Å². The predicted molar refractivity (Wildman–Crippen MR) is 130 cm³/mol. The second-order valence-corrected chi connectivity index (χ2v) is 8.39. The van der Waals surface area contributed by atoms with Crippen molar-refractivity contribution in [2.24, 2.45) is 0 Å². The number of benzene rings is 3. The van der Waals surface area contributed by atoms with E-state index in [1.54, 1.807) is 18.2 Å². The lowest BCUT2D eigenvalue weighted by Gasteiger charge is -2.09. The van der Waals surface area contributed by atoms with Crippen molar-refractivity contribution >= 4 is 62.8 Å². The van der Waals surface area contributed by atoms with Gasteiger partial charge >= 0.3 is 0 Å². The number of anilines is 1. The molecule has 2 heterocycles. The van der Waals surface area contributed by atoms with E-state index in [4.69, 9.17) is 16.6 Å². The third kappa shape index (κ3) is 4.08. The molecule has 0 radical (unpaired) electrons. The third-order valence-corrected chi connectivity index (χ3v) is 5.62. The van der Waals surface area contributed by atoms with E-state index in [1.807, 2.05) is 44.2 Å². The Kier molecular flexibility index (Phi) is 5.12. The maximum absolute atomic E-state index is 12.5. The van der Waals surface area contributed by atoms with Crippen LogP contribution in [-0.2, 0) is 0 Å². The lowest BCUT2D eigenvalue weighted by atomic mass is 10.1. The number of nitrogens with one attached hydrogen (secondary N) is 2. The normalized spacial score (nSPS) is 11.1. The Morgan fingerprint density at radius 3 is 2.53 bits per heavy atom. The minimum atomic E-state index is -0.322. The Morgan fingerprint density at radius 2 is 1.72 bits per heavy atom. The molecule has 2 N–H and O–H groups in total. The van der Waals surface area contributed by atoms with E-state index in [1.165, 1.54) is 0 Å². The first kappa shape index (κ1) is 20.2. The number of hydrogen-bond donors (Lipinski definition) is 2. The summed E-state index contributed by atoms with van der Waals surface area (Å²) in [6.45, 7) is 4.09. The molecule has 2 aromatic heterocycles. The molecule has 1 amide bonds. The first-order valence-corrected chi connectivity index (χ1v) is 10.9. The summed E-state index contributed by atoms with van der Waals surface area (Å²) in [6, 6.07) is 16.8. The summed E-state index contributed by atoms with van der Waals surface area (Å²) in [5.41, 5.74) is 7.19. The van der Waals surface area contributed by atoms with E-state index in [0.29, 0.717) is 33.8 Å². The minimum Gasteiger partial charge on any atom is -0.436 e. The van der Waals surface area contributed by atoms with Crippen LogP contribution >= 0.6 is 23.9 Å². The molecule has 7 nitrogen and oxygen atoms in total. The molecule has 0 saturated heterocycles. The van der Waals surface area contributed by atoms with Crippen LogP contribution in [0.2, 0.25) is 0 Å². The number of oxazole rings is 1. The lowest BCUT2D eigenvalue weighted by Crippen LogP contribution is -2.34. The fourth-order valence-corrected chi connectivity index (χ4v) is 4.22. The molecule has 5 rings (SSSR count). The van der Waals surface area contributed by atoms with E-state index in [9.17, 15) is 4.79 Å². The fraction of sp³-hybridized carbons (Fsp3) is 0.0870. The van der Waals surface area contributed by atoms with Crippen molar-refractivity contribution in [1.29, 1.82) is 0 Å². The molecule has 158 valence electrons. The Hall–Kier alpha value is -3.69. The standard InChI is InChI=1S/C23H17N5O2S2/c1-12-7-13(2)9-15(8-12)22-25-19-11-16(4-6-20(19)30-22)24-23(31)26-21(29)14-3-5-17-18(10-14)28-32-27-17/h3-11H,1-2H3,(H2,24,26,29,31). The summed E-state index contributed by atoms with van der Waals surface area (Å²) in [5, 5.41) is 5.90. The zero-order valence-electron chi connectivity index (χ0n) is 17.2. The van der Waals surface area contributed by atoms with Crippen LogP contribution in [0.25, 0.3) is 33.6 Å². The maximum atomic E-state index is 12.5. The molecule has 0 aliphatic carbocycles. The van der Waals surface area contributed by atoms with Gasteiger partial charge in [-0.1, -0.05) is 17.2 Å². The van der Waals surface area contributed by atoms with Gasteiger partial charge < -0.3 is 9.73 Å². The van der Waals surface area contributed by atoms with Gasteiger partial charge in [0.1, 0.15) is 16.6 Å². The number of thiocarbonyl (C=S) groups is 1. The van der Waals surface area contributed by atoms with Crippen molar-refractivity contribution in [3.8, 4) is 11.5 Å². The van der Waals surface area contributed by atoms with Gasteiger partial charge in [-0.3, -0.25) is 10.1 Å². The number of aromatic nitrogens is 3. The second kappa shape index (κ2) is 8.10. The van der Waals surface area contributed by atoms with Crippen LogP contribution in [0.3, 0.4) is 0 Å². The molecule has 0 unspecified atom stereocenters. The molecular weight excluding hydrogens is 442 g/mol. The second-order valence-electron chi connectivity index (χ2n) is 7.45. The number of nitrogens with zero attached hydrogens (tertiary/aromatic N) is 3. The van der Waals surface area contributed by atoms with Gasteiger partial charge in [-0.2, -0.15) is 8.75 Å². The van der Waals surface area contributed by atoms with E-state index >= 15 is 0 Å². The van der Waals surface area contributed by atoms with Gasteiger partial charge in [0, 0.05) is 16.8 Å². The van der Waals surface area contributed by atoms with Gasteiger partial charge in [0.25, 0.3) is 5.91 Å². The Balaban J connectivity index is 1.32. The van der Waals surface area contributed by atoms with Crippen LogP contribution in [0.5, 0.6) is 0 Å². The number of amides is 1. The van der Waals surface area contributed by atoms with Gasteiger partial charge in [-0.15, -0.1) is 0 Å². The van der Waals surface area contributed by atoms with Crippen LogP contribution in [-0.4, -0.2) is 24.8 Å². The highest BCUT2D eigenvalue weighted by Gasteiger charge is 2.12. The molecule has 5 aromatic rings. The quantitative estimate of drug-likeness (QED) is 0.356. The monoisotopic (exact) mass is 459 g/mol. The first-order valence-electron chi connectivity index (χ1n) is 9.78. The summed E-state index contributed by atoms with van der Waals surface area (Å²) in [6.07, 6.45) is 0. The molecule has 9 heteroatoms. The van der Waals surface area contributed by atoms with Crippen molar-refractivity contribution in [2.45, 2.75) is 13.8 Å². The molecule has 32 heavy (non-hydrogen) atoms. The summed E-state index contributed by atoms with van der Waals surface area (Å²) in [4.78, 5) is 17.1. The van der Waals surface area contributed by atoms with E-state index in [2.05, 4.69) is 30.4 Å². The SMILES string of the molecule is Cc1cc(C)cc(-c2nc3cc(NC(=S)NC(=O)c4ccc5nsnc5c4)ccc3o2)c1. The molecule has 3 aromatic carbocycles. The van der Waals surface area contributed by atoms with Crippen molar-refractivity contribution in [1.82, 2.24) is 19.0 Å². The van der Waals surface area contributed by atoms with Crippen LogP contribution < -0.4 is 10.6 Å². The molecule has 0 saturated carbocycles. The van der Waals surface area contributed by atoms with Crippen LogP contribution in [0.15, 0.2) is 59.0 Å². The Labute approximate surface area is 192 Å². The Morgan fingerprint density at radius 1 is 0.938 bits per heavy atom. The fourth-order valence-electron chi connectivity index (χ4n) is 3.49. The molecule has 0 aliphatic heterocycles. The number of carbonyl (C=O) groups is 1. The van der Waals surface area contributed by atoms with Gasteiger partial charge in [0.2, 0.25) is 5.89 Å². The largest absolute Gasteiger partial charge is 0.436 e. The summed E-state index contributed by atoms with van der Waals surface area (Å²) in [5.74, 6) is 0.240. The van der Waals surface area contributed by atoms with Crippen LogP contribution in [0, 0.1) is 13.8 Å². The molecule has 0 fully saturated rings. The zero-order valence-corrected chi connectivity index (χ0v) is 18.8. The molecular formula is C23H17N5O2S2. The zero-order chi connectivity index (χ0) is 22.2. The van der Waals surface area contributed by atoms with Crippen molar-refractivity contribution in [3.63, 3.8) is 0 Å². The lowest BCUT2D eigenvalue weighted by molar-refractivity contribution is 0.0978. The molecule has 0 aliphatic rings. The smallest absolute Gasteiger partial charge is 0.257 e. The van der Waals surface area contributed by atoms with Gasteiger partial charge in [0.15, 0.2) is 10.7 Å². The number of rotatable bonds is 3. The highest BCUT2D eigenvalue weighted by atomic mass is 32.1. The molecule has 0 spiro atoms. The molecule has 0 bridgehead atoms. The van der Waals surface area contributed by atoms with E-state index in [0.717, 1.165) is 33.9 Å². The van der Waals surface area contributed by atoms with E-state index in [-0.39, 0.29) is 11.0 Å². The molecule has 0 atom stereocenters. The number of carbonyl (C=O) groups excluding carboxylic acids is 1. The van der Waals surface area contributed by atoms with Gasteiger partial charge in [-0.25, -0.2) is 4.98 Å². The Bertz CT molecular complexity index is 1480. The summed E-state index contributed by atoms with van der Waals surface area (Å²) >= 11 is 6.42. The predicted octanol–water partition coefficient (Wildman–Crippen LogP) is 5.24. The maximum Gasteiger partial charge on any atom is 0.257 e. The highest BCUT2D eigenvalue weighted by Crippen LogP contribution is 2.27.